The van der Waals surface area contributed by atoms with Crippen molar-refractivity contribution in [1.82, 2.24) is 15.2 Å². The molecule has 122 valence electrons. The molecule has 1 saturated heterocycles. The summed E-state index contributed by atoms with van der Waals surface area (Å²) >= 11 is 0. The highest BCUT2D eigenvalue weighted by atomic mass is 19.1. The van der Waals surface area contributed by atoms with E-state index in [1.807, 2.05) is 4.90 Å². The van der Waals surface area contributed by atoms with Crippen molar-refractivity contribution < 1.29 is 9.18 Å². The number of nitrogens with one attached hydrogen (secondary N) is 2. The molecule has 3 rings (SSSR count). The minimum absolute atomic E-state index is 0.0148. The summed E-state index contributed by atoms with van der Waals surface area (Å²) in [6, 6.07) is 5.76. The molecule has 0 radical (unpaired) electrons. The lowest BCUT2D eigenvalue weighted by molar-refractivity contribution is -0.127. The van der Waals surface area contributed by atoms with E-state index < -0.39 is 5.82 Å². The lowest BCUT2D eigenvalue weighted by Crippen LogP contribution is -2.48. The van der Waals surface area contributed by atoms with E-state index in [9.17, 15) is 14.0 Å². The van der Waals surface area contributed by atoms with Crippen LogP contribution in [0.5, 0.6) is 0 Å². The van der Waals surface area contributed by atoms with Gasteiger partial charge in [-0.1, -0.05) is 12.5 Å². The van der Waals surface area contributed by atoms with Crippen LogP contribution in [-0.2, 0) is 11.3 Å². The van der Waals surface area contributed by atoms with Gasteiger partial charge < -0.3 is 10.3 Å². The Labute approximate surface area is 133 Å². The maximum atomic E-state index is 13.9. The van der Waals surface area contributed by atoms with Gasteiger partial charge in [0.2, 0.25) is 5.91 Å². The average molecular weight is 317 g/mol. The Balaban J connectivity index is 1.92. The third kappa shape index (κ3) is 3.12. The third-order valence-electron chi connectivity index (χ3n) is 4.41. The maximum absolute atomic E-state index is 13.9. The zero-order chi connectivity index (χ0) is 16.4. The standard InChI is InChI=1S/C17H20FN3O2/c1-19-17(23)14-7-2-3-8-21(14)10-11-9-15(22)12-5-4-6-13(18)16(12)20-11/h4-6,9,14H,2-3,7-8,10H2,1H3,(H,19,23)(H,20,22). The Kier molecular flexibility index (Phi) is 4.43. The number of H-pyrrole nitrogens is 1. The zero-order valence-corrected chi connectivity index (χ0v) is 13.1. The number of carbonyl (C=O) groups excluding carboxylic acids is 1. The predicted molar refractivity (Wildman–Crippen MR) is 86.6 cm³/mol. The number of para-hydroxylation sites is 1. The summed E-state index contributed by atoms with van der Waals surface area (Å²) in [7, 11) is 1.63. The highest BCUT2D eigenvalue weighted by Crippen LogP contribution is 2.20. The Morgan fingerprint density at radius 2 is 2.26 bits per heavy atom. The van der Waals surface area contributed by atoms with E-state index in [1.54, 1.807) is 13.1 Å². The van der Waals surface area contributed by atoms with Gasteiger partial charge in [0.1, 0.15) is 5.82 Å². The summed E-state index contributed by atoms with van der Waals surface area (Å²) in [6.07, 6.45) is 2.82. The Hall–Kier alpha value is -2.21. The molecule has 1 aromatic carbocycles. The van der Waals surface area contributed by atoms with Crippen LogP contribution in [0.2, 0.25) is 0 Å². The number of rotatable bonds is 3. The number of benzene rings is 1. The van der Waals surface area contributed by atoms with Gasteiger partial charge in [0.05, 0.1) is 11.6 Å². The number of amides is 1. The summed E-state index contributed by atoms with van der Waals surface area (Å²) in [5.41, 5.74) is 0.647. The second-order valence-electron chi connectivity index (χ2n) is 5.92. The second kappa shape index (κ2) is 6.50. The number of piperidine rings is 1. The van der Waals surface area contributed by atoms with Crippen LogP contribution in [0.15, 0.2) is 29.1 Å². The molecule has 2 aromatic rings. The quantitative estimate of drug-likeness (QED) is 0.907. The molecule has 1 aliphatic heterocycles. The fourth-order valence-electron chi connectivity index (χ4n) is 3.24. The van der Waals surface area contributed by atoms with Crippen molar-refractivity contribution >= 4 is 16.8 Å². The first kappa shape index (κ1) is 15.7. The molecule has 2 N–H and O–H groups in total. The van der Waals surface area contributed by atoms with Gasteiger partial charge in [-0.2, -0.15) is 0 Å². The first-order chi connectivity index (χ1) is 11.1. The molecule has 2 heterocycles. The molecule has 1 aromatic heterocycles. The second-order valence-corrected chi connectivity index (χ2v) is 5.92. The SMILES string of the molecule is CNC(=O)C1CCCCN1Cc1cc(=O)c2cccc(F)c2[nH]1. The number of hydrogen-bond donors (Lipinski definition) is 2. The van der Waals surface area contributed by atoms with Gasteiger partial charge in [-0.25, -0.2) is 4.39 Å². The van der Waals surface area contributed by atoms with Gasteiger partial charge >= 0.3 is 0 Å². The van der Waals surface area contributed by atoms with E-state index in [-0.39, 0.29) is 22.9 Å². The topological polar surface area (TPSA) is 65.2 Å². The van der Waals surface area contributed by atoms with Gasteiger partial charge in [0.15, 0.2) is 5.43 Å². The number of aromatic amines is 1. The minimum Gasteiger partial charge on any atom is -0.358 e. The van der Waals surface area contributed by atoms with Gasteiger partial charge in [-0.05, 0) is 31.5 Å². The number of hydrogen-bond acceptors (Lipinski definition) is 3. The first-order valence-corrected chi connectivity index (χ1v) is 7.86. The summed E-state index contributed by atoms with van der Waals surface area (Å²) in [5.74, 6) is -0.457. The van der Waals surface area contributed by atoms with Gasteiger partial charge in [-0.15, -0.1) is 0 Å². The Morgan fingerprint density at radius 3 is 3.04 bits per heavy atom. The fraction of sp³-hybridized carbons (Fsp3) is 0.412. The smallest absolute Gasteiger partial charge is 0.237 e. The molecule has 0 spiro atoms. The van der Waals surface area contributed by atoms with Gasteiger partial charge in [-0.3, -0.25) is 14.5 Å². The summed E-state index contributed by atoms with van der Waals surface area (Å²) in [6.45, 7) is 1.22. The van der Waals surface area contributed by atoms with E-state index in [1.165, 1.54) is 18.2 Å². The number of carbonyl (C=O) groups is 1. The molecule has 1 atom stereocenters. The summed E-state index contributed by atoms with van der Waals surface area (Å²) < 4.78 is 13.9. The minimum atomic E-state index is -0.442. The van der Waals surface area contributed by atoms with E-state index in [4.69, 9.17) is 0 Å². The number of likely N-dealkylation sites (N-methyl/N-ethyl adjacent to an activating group) is 1. The van der Waals surface area contributed by atoms with Crippen molar-refractivity contribution in [3.8, 4) is 0 Å². The van der Waals surface area contributed by atoms with Crippen LogP contribution in [0.25, 0.3) is 10.9 Å². The number of aromatic nitrogens is 1. The number of nitrogens with zero attached hydrogens (tertiary/aromatic N) is 1. The predicted octanol–water partition coefficient (Wildman–Crippen LogP) is 1.77. The van der Waals surface area contributed by atoms with E-state index >= 15 is 0 Å². The Morgan fingerprint density at radius 1 is 1.43 bits per heavy atom. The molecule has 1 unspecified atom stereocenters. The van der Waals surface area contributed by atoms with Gasteiger partial charge in [0.25, 0.3) is 0 Å². The number of fused-ring (bicyclic) bond motifs is 1. The number of halogens is 1. The highest BCUT2D eigenvalue weighted by Gasteiger charge is 2.28. The molecule has 6 heteroatoms. The van der Waals surface area contributed by atoms with Crippen molar-refractivity contribution in [3.05, 3.63) is 46.0 Å². The zero-order valence-electron chi connectivity index (χ0n) is 13.1. The molecule has 0 saturated carbocycles. The van der Waals surface area contributed by atoms with Crippen LogP contribution in [0.3, 0.4) is 0 Å². The molecule has 5 nitrogen and oxygen atoms in total. The van der Waals surface area contributed by atoms with Crippen molar-refractivity contribution in [2.24, 2.45) is 0 Å². The highest BCUT2D eigenvalue weighted by molar-refractivity contribution is 5.81. The van der Waals surface area contributed by atoms with E-state index in [2.05, 4.69) is 10.3 Å². The molecule has 23 heavy (non-hydrogen) atoms. The molecule has 1 aliphatic rings. The van der Waals surface area contributed by atoms with Crippen LogP contribution >= 0.6 is 0 Å². The van der Waals surface area contributed by atoms with Gasteiger partial charge in [0, 0.05) is 30.7 Å². The molecule has 1 fully saturated rings. The largest absolute Gasteiger partial charge is 0.358 e. The Bertz CT molecular complexity index is 787. The maximum Gasteiger partial charge on any atom is 0.237 e. The number of pyridine rings is 1. The summed E-state index contributed by atoms with van der Waals surface area (Å²) in [4.78, 5) is 29.3. The third-order valence-corrected chi connectivity index (χ3v) is 4.41. The normalized spacial score (nSPS) is 19.0. The van der Waals surface area contributed by atoms with E-state index in [0.717, 1.165) is 25.8 Å². The first-order valence-electron chi connectivity index (χ1n) is 7.86. The van der Waals surface area contributed by atoms with Crippen molar-refractivity contribution in [3.63, 3.8) is 0 Å². The van der Waals surface area contributed by atoms with Crippen molar-refractivity contribution in [2.75, 3.05) is 13.6 Å². The molecule has 0 bridgehead atoms. The monoisotopic (exact) mass is 317 g/mol. The molecular weight excluding hydrogens is 297 g/mol. The molecule has 0 aliphatic carbocycles. The lowest BCUT2D eigenvalue weighted by Gasteiger charge is -2.34. The van der Waals surface area contributed by atoms with Crippen LogP contribution in [-0.4, -0.2) is 35.4 Å². The average Bonchev–Trinajstić information content (AvgIpc) is 2.56. The lowest BCUT2D eigenvalue weighted by atomic mass is 10.0. The van der Waals surface area contributed by atoms with Crippen LogP contribution in [0.1, 0.15) is 25.0 Å². The van der Waals surface area contributed by atoms with Crippen LogP contribution < -0.4 is 10.7 Å². The van der Waals surface area contributed by atoms with Crippen molar-refractivity contribution in [1.29, 1.82) is 0 Å². The van der Waals surface area contributed by atoms with Crippen molar-refractivity contribution in [2.45, 2.75) is 31.8 Å². The van der Waals surface area contributed by atoms with Crippen LogP contribution in [0.4, 0.5) is 4.39 Å². The fourth-order valence-corrected chi connectivity index (χ4v) is 3.24. The van der Waals surface area contributed by atoms with Crippen LogP contribution in [0, 0.1) is 5.82 Å². The molecule has 1 amide bonds. The summed E-state index contributed by atoms with van der Waals surface area (Å²) in [5, 5.41) is 3.03. The number of likely N-dealkylation sites (tertiary alicyclic amines) is 1. The molecular formula is C17H20FN3O2. The van der Waals surface area contributed by atoms with E-state index in [0.29, 0.717) is 17.6 Å².